The number of H-pyrrole nitrogens is 1. The molecular formula is C3H5N4O. The maximum atomic E-state index is 8.63. The number of hydrogen-bond acceptors (Lipinski definition) is 4. The highest BCUT2D eigenvalue weighted by molar-refractivity contribution is 4.83. The Balaban J connectivity index is 2.77. The van der Waals surface area contributed by atoms with Gasteiger partial charge >= 0.3 is 0 Å². The van der Waals surface area contributed by atoms with E-state index in [0.717, 1.165) is 0 Å². The average Bonchev–Trinajstić information content (AvgIpc) is 2.12. The van der Waals surface area contributed by atoms with Gasteiger partial charge in [-0.05, 0) is 17.4 Å². The summed E-state index contributed by atoms with van der Waals surface area (Å²) in [7, 11) is 0. The lowest BCUT2D eigenvalue weighted by Crippen LogP contribution is -1.93. The molecule has 1 heterocycles. The molecule has 0 aliphatic rings. The van der Waals surface area contributed by atoms with Crippen molar-refractivity contribution < 1.29 is 5.11 Å². The lowest BCUT2D eigenvalue weighted by molar-refractivity contribution is 0.215. The van der Waals surface area contributed by atoms with Gasteiger partial charge in [0.2, 0.25) is 0 Å². The van der Waals surface area contributed by atoms with Crippen molar-refractivity contribution in [3.63, 3.8) is 0 Å². The van der Waals surface area contributed by atoms with Gasteiger partial charge in [-0.25, -0.2) is 5.10 Å². The smallest absolute Gasteiger partial charge is 0.177 e. The highest BCUT2D eigenvalue weighted by atomic mass is 16.3. The molecule has 8 heavy (non-hydrogen) atoms. The molecule has 2 N–H and O–H groups in total. The van der Waals surface area contributed by atoms with Crippen LogP contribution in [0.1, 0.15) is 11.9 Å². The Kier molecular flexibility index (Phi) is 1.21. The predicted octanol–water partition coefficient (Wildman–Crippen LogP) is -0.933. The van der Waals surface area contributed by atoms with Gasteiger partial charge in [0.15, 0.2) is 5.82 Å². The number of aromatic amines is 1. The molecule has 0 saturated carbocycles. The Labute approximate surface area is 45.7 Å². The molecule has 1 aromatic heterocycles. The van der Waals surface area contributed by atoms with Crippen LogP contribution in [0.5, 0.6) is 0 Å². The summed E-state index contributed by atoms with van der Waals surface area (Å²) < 4.78 is 0. The zero-order valence-corrected chi connectivity index (χ0v) is 4.07. The third kappa shape index (κ3) is 0.812. The van der Waals surface area contributed by atoms with Gasteiger partial charge in [-0.2, -0.15) is 0 Å². The van der Waals surface area contributed by atoms with Crippen molar-refractivity contribution in [3.8, 4) is 0 Å². The molecule has 1 atom stereocenters. The SMILES string of the molecule is [CH2]C(O)c1nnn[nH]1. The Morgan fingerprint density at radius 1 is 1.75 bits per heavy atom. The molecule has 1 radical (unpaired) electrons. The largest absolute Gasteiger partial charge is 0.385 e. The lowest BCUT2D eigenvalue weighted by Gasteiger charge is -1.91. The molecule has 1 unspecified atom stereocenters. The summed E-state index contributed by atoms with van der Waals surface area (Å²) in [6.07, 6.45) is -0.856. The summed E-state index contributed by atoms with van der Waals surface area (Å²) in [5.74, 6) is 0.282. The van der Waals surface area contributed by atoms with Crippen LogP contribution in [0.3, 0.4) is 0 Å². The first-order valence-corrected chi connectivity index (χ1v) is 2.05. The van der Waals surface area contributed by atoms with Crippen LogP contribution < -0.4 is 0 Å². The summed E-state index contributed by atoms with van der Waals surface area (Å²) in [6, 6.07) is 0. The Morgan fingerprint density at radius 2 is 2.50 bits per heavy atom. The third-order valence-electron chi connectivity index (χ3n) is 0.677. The monoisotopic (exact) mass is 113 g/mol. The Bertz CT molecular complexity index is 146. The molecule has 1 aromatic rings. The van der Waals surface area contributed by atoms with Crippen molar-refractivity contribution >= 4 is 0 Å². The molecule has 0 spiro atoms. The van der Waals surface area contributed by atoms with Crippen molar-refractivity contribution in [1.29, 1.82) is 0 Å². The van der Waals surface area contributed by atoms with E-state index in [-0.39, 0.29) is 5.82 Å². The van der Waals surface area contributed by atoms with Crippen molar-refractivity contribution in [1.82, 2.24) is 20.6 Å². The maximum absolute atomic E-state index is 8.63. The second-order valence-corrected chi connectivity index (χ2v) is 1.30. The molecule has 0 aliphatic heterocycles. The highest BCUT2D eigenvalue weighted by Crippen LogP contribution is 1.98. The van der Waals surface area contributed by atoms with Crippen molar-refractivity contribution in [2.75, 3.05) is 0 Å². The van der Waals surface area contributed by atoms with E-state index in [1.807, 2.05) is 0 Å². The van der Waals surface area contributed by atoms with Crippen molar-refractivity contribution in [2.45, 2.75) is 6.10 Å². The van der Waals surface area contributed by atoms with Gasteiger partial charge in [0.05, 0.1) is 0 Å². The first-order valence-electron chi connectivity index (χ1n) is 2.05. The van der Waals surface area contributed by atoms with E-state index >= 15 is 0 Å². The molecule has 43 valence electrons. The van der Waals surface area contributed by atoms with Crippen LogP contribution in [0.15, 0.2) is 0 Å². The van der Waals surface area contributed by atoms with E-state index in [4.69, 9.17) is 5.11 Å². The topological polar surface area (TPSA) is 74.7 Å². The highest BCUT2D eigenvalue weighted by Gasteiger charge is 2.01. The summed E-state index contributed by atoms with van der Waals surface area (Å²) in [6.45, 7) is 3.26. The van der Waals surface area contributed by atoms with Gasteiger partial charge in [-0.15, -0.1) is 5.10 Å². The molecular weight excluding hydrogens is 108 g/mol. The quantitative estimate of drug-likeness (QED) is 0.493. The second kappa shape index (κ2) is 1.87. The molecule has 0 fully saturated rings. The number of rotatable bonds is 1. The maximum Gasteiger partial charge on any atom is 0.177 e. The average molecular weight is 113 g/mol. The zero-order valence-electron chi connectivity index (χ0n) is 4.07. The van der Waals surface area contributed by atoms with Gasteiger partial charge in [0.25, 0.3) is 0 Å². The van der Waals surface area contributed by atoms with Crippen LogP contribution >= 0.6 is 0 Å². The van der Waals surface area contributed by atoms with E-state index in [1.54, 1.807) is 0 Å². The van der Waals surface area contributed by atoms with Gasteiger partial charge in [-0.1, -0.05) is 0 Å². The van der Waals surface area contributed by atoms with Crippen LogP contribution in [0.25, 0.3) is 0 Å². The minimum Gasteiger partial charge on any atom is -0.385 e. The minimum absolute atomic E-state index is 0.282. The van der Waals surface area contributed by atoms with E-state index in [9.17, 15) is 0 Å². The summed E-state index contributed by atoms with van der Waals surface area (Å²) >= 11 is 0. The van der Waals surface area contributed by atoms with Gasteiger partial charge < -0.3 is 5.11 Å². The summed E-state index contributed by atoms with van der Waals surface area (Å²) in [5, 5.41) is 20.8. The Morgan fingerprint density at radius 3 is 2.75 bits per heavy atom. The first kappa shape index (κ1) is 5.17. The normalized spacial score (nSPS) is 13.8. The fourth-order valence-electron chi connectivity index (χ4n) is 0.308. The van der Waals surface area contributed by atoms with Crippen LogP contribution in [0.2, 0.25) is 0 Å². The zero-order chi connectivity index (χ0) is 5.98. The fourth-order valence-corrected chi connectivity index (χ4v) is 0.308. The predicted molar refractivity (Wildman–Crippen MR) is 24.5 cm³/mol. The van der Waals surface area contributed by atoms with Crippen LogP contribution in [0.4, 0.5) is 0 Å². The summed E-state index contributed by atoms with van der Waals surface area (Å²) in [5.41, 5.74) is 0. The van der Waals surface area contributed by atoms with Gasteiger partial charge in [0, 0.05) is 0 Å². The van der Waals surface area contributed by atoms with Crippen molar-refractivity contribution in [2.24, 2.45) is 0 Å². The standard InChI is InChI=1S/C3H5N4O/c1-2(8)3-4-6-7-5-3/h2,8H,1H2,(H,4,5,6,7). The fraction of sp³-hybridized carbons (Fsp3) is 0.333. The van der Waals surface area contributed by atoms with Crippen LogP contribution in [-0.2, 0) is 0 Å². The summed E-state index contributed by atoms with van der Waals surface area (Å²) in [4.78, 5) is 0. The van der Waals surface area contributed by atoms with Crippen molar-refractivity contribution in [3.05, 3.63) is 12.7 Å². The van der Waals surface area contributed by atoms with Crippen LogP contribution in [-0.4, -0.2) is 25.7 Å². The molecule has 0 bridgehead atoms. The number of aliphatic hydroxyl groups is 1. The van der Waals surface area contributed by atoms with E-state index in [0.29, 0.717) is 0 Å². The van der Waals surface area contributed by atoms with E-state index < -0.39 is 6.10 Å². The van der Waals surface area contributed by atoms with Crippen LogP contribution in [0, 0.1) is 6.92 Å². The molecule has 0 amide bonds. The Hall–Kier alpha value is -0.970. The molecule has 0 aromatic carbocycles. The number of tetrazole rings is 1. The third-order valence-corrected chi connectivity index (χ3v) is 0.677. The number of aliphatic hydroxyl groups excluding tert-OH is 1. The molecule has 0 aliphatic carbocycles. The van der Waals surface area contributed by atoms with E-state index in [1.165, 1.54) is 0 Å². The molecule has 5 heteroatoms. The lowest BCUT2D eigenvalue weighted by atomic mass is 10.4. The number of nitrogens with one attached hydrogen (secondary N) is 1. The number of hydrogen-bond donors (Lipinski definition) is 2. The first-order chi connectivity index (χ1) is 3.80. The van der Waals surface area contributed by atoms with E-state index in [2.05, 4.69) is 27.5 Å². The number of nitrogens with zero attached hydrogens (tertiary/aromatic N) is 3. The van der Waals surface area contributed by atoms with Gasteiger partial charge in [0.1, 0.15) is 6.10 Å². The van der Waals surface area contributed by atoms with Gasteiger partial charge in [-0.3, -0.25) is 0 Å². The molecule has 0 saturated heterocycles. The second-order valence-electron chi connectivity index (χ2n) is 1.30. The minimum atomic E-state index is -0.856. The number of aromatic nitrogens is 4. The molecule has 5 nitrogen and oxygen atoms in total. The molecule has 1 rings (SSSR count).